The largest absolute Gasteiger partial charge is 0.364 e. The number of amides is 2. The lowest BCUT2D eigenvalue weighted by Crippen LogP contribution is -2.47. The maximum absolute atomic E-state index is 12.3. The van der Waals surface area contributed by atoms with E-state index in [2.05, 4.69) is 41.7 Å². The summed E-state index contributed by atoms with van der Waals surface area (Å²) in [5.41, 5.74) is 0.465. The fourth-order valence-corrected chi connectivity index (χ4v) is 3.81. The molecule has 25 heavy (non-hydrogen) atoms. The molecule has 3 unspecified atom stereocenters. The standard InChI is InChI=1S/C17H22N4O4/c1-10-8-17(2,3)11(9-18-15(22)12-4-6-24-20-12)14(10)19-16(23)13-5-7-25-21-13/h4-7,10-11,14H,8-9H2,1-3H3,(H,18,22)(H,19,23). The number of carbonyl (C=O) groups excluding carboxylic acids is 2. The predicted molar refractivity (Wildman–Crippen MR) is 87.6 cm³/mol. The number of hydrogen-bond donors (Lipinski definition) is 2. The Kier molecular flexibility index (Phi) is 4.61. The molecule has 1 aliphatic carbocycles. The first kappa shape index (κ1) is 17.2. The molecule has 0 spiro atoms. The number of nitrogens with one attached hydrogen (secondary N) is 2. The molecule has 2 N–H and O–H groups in total. The molecule has 3 atom stereocenters. The molecular formula is C17H22N4O4. The molecule has 1 saturated carbocycles. The van der Waals surface area contributed by atoms with Crippen molar-refractivity contribution < 1.29 is 18.6 Å². The molecule has 1 fully saturated rings. The van der Waals surface area contributed by atoms with E-state index in [0.717, 1.165) is 6.42 Å². The highest BCUT2D eigenvalue weighted by Gasteiger charge is 2.47. The van der Waals surface area contributed by atoms with E-state index in [1.807, 2.05) is 0 Å². The van der Waals surface area contributed by atoms with Gasteiger partial charge in [0.05, 0.1) is 0 Å². The first-order chi connectivity index (χ1) is 11.9. The quantitative estimate of drug-likeness (QED) is 0.855. The van der Waals surface area contributed by atoms with Crippen LogP contribution in [0.15, 0.2) is 33.7 Å². The summed E-state index contributed by atoms with van der Waals surface area (Å²) in [6, 6.07) is 2.97. The fraction of sp³-hybridized carbons (Fsp3) is 0.529. The van der Waals surface area contributed by atoms with Gasteiger partial charge in [-0.3, -0.25) is 9.59 Å². The lowest BCUT2D eigenvalue weighted by Gasteiger charge is -2.31. The summed E-state index contributed by atoms with van der Waals surface area (Å²) in [5.74, 6) is -0.198. The number of aromatic nitrogens is 2. The van der Waals surface area contributed by atoms with Crippen LogP contribution >= 0.6 is 0 Å². The highest BCUT2D eigenvalue weighted by atomic mass is 16.5. The highest BCUT2D eigenvalue weighted by Crippen LogP contribution is 2.45. The molecule has 2 aromatic heterocycles. The Morgan fingerprint density at radius 3 is 2.32 bits per heavy atom. The van der Waals surface area contributed by atoms with Gasteiger partial charge in [-0.1, -0.05) is 31.1 Å². The van der Waals surface area contributed by atoms with Gasteiger partial charge in [0, 0.05) is 30.6 Å². The highest BCUT2D eigenvalue weighted by molar-refractivity contribution is 5.92. The Balaban J connectivity index is 1.69. The Bertz CT molecular complexity index is 724. The second-order valence-electron chi connectivity index (χ2n) is 7.26. The van der Waals surface area contributed by atoms with Gasteiger partial charge >= 0.3 is 0 Å². The van der Waals surface area contributed by atoms with Crippen molar-refractivity contribution in [1.29, 1.82) is 0 Å². The molecule has 2 amide bonds. The van der Waals surface area contributed by atoms with Crippen LogP contribution in [0.2, 0.25) is 0 Å². The molecule has 0 aromatic carbocycles. The third kappa shape index (κ3) is 3.57. The van der Waals surface area contributed by atoms with Gasteiger partial charge in [0.25, 0.3) is 11.8 Å². The lowest BCUT2D eigenvalue weighted by atomic mass is 9.80. The Hall–Kier alpha value is -2.64. The number of nitrogens with zero attached hydrogens (tertiary/aromatic N) is 2. The van der Waals surface area contributed by atoms with Crippen LogP contribution in [-0.2, 0) is 0 Å². The van der Waals surface area contributed by atoms with E-state index in [-0.39, 0.29) is 46.5 Å². The summed E-state index contributed by atoms with van der Waals surface area (Å²) in [6.07, 6.45) is 3.67. The van der Waals surface area contributed by atoms with Crippen LogP contribution in [0.25, 0.3) is 0 Å². The van der Waals surface area contributed by atoms with E-state index in [1.165, 1.54) is 24.7 Å². The van der Waals surface area contributed by atoms with Crippen molar-refractivity contribution in [3.63, 3.8) is 0 Å². The maximum atomic E-state index is 12.3. The van der Waals surface area contributed by atoms with Gasteiger partial charge in [-0.15, -0.1) is 0 Å². The SMILES string of the molecule is CC1CC(C)(C)C(CNC(=O)c2ccon2)C1NC(=O)c1ccon1. The normalized spacial score (nSPS) is 24.8. The van der Waals surface area contributed by atoms with Gasteiger partial charge < -0.3 is 19.7 Å². The summed E-state index contributed by atoms with van der Waals surface area (Å²) in [4.78, 5) is 24.5. The summed E-state index contributed by atoms with van der Waals surface area (Å²) < 4.78 is 9.43. The van der Waals surface area contributed by atoms with Gasteiger partial charge in [-0.2, -0.15) is 0 Å². The van der Waals surface area contributed by atoms with Crippen LogP contribution < -0.4 is 10.6 Å². The van der Waals surface area contributed by atoms with E-state index in [1.54, 1.807) is 0 Å². The Labute approximate surface area is 145 Å². The number of carbonyl (C=O) groups is 2. The molecule has 0 saturated heterocycles. The summed E-state index contributed by atoms with van der Waals surface area (Å²) in [6.45, 7) is 6.85. The van der Waals surface area contributed by atoms with Crippen LogP contribution in [0.1, 0.15) is 48.2 Å². The molecule has 8 nitrogen and oxygen atoms in total. The van der Waals surface area contributed by atoms with E-state index >= 15 is 0 Å². The molecule has 2 heterocycles. The lowest BCUT2D eigenvalue weighted by molar-refractivity contribution is 0.0885. The zero-order chi connectivity index (χ0) is 18.0. The van der Waals surface area contributed by atoms with Crippen LogP contribution in [0, 0.1) is 17.3 Å². The summed E-state index contributed by atoms with van der Waals surface area (Å²) in [5, 5.41) is 13.3. The molecule has 8 heteroatoms. The first-order valence-electron chi connectivity index (χ1n) is 8.28. The van der Waals surface area contributed by atoms with Crippen molar-refractivity contribution in [2.24, 2.45) is 17.3 Å². The number of hydrogen-bond acceptors (Lipinski definition) is 6. The molecular weight excluding hydrogens is 324 g/mol. The van der Waals surface area contributed by atoms with Crippen molar-refractivity contribution in [2.45, 2.75) is 33.2 Å². The Morgan fingerprint density at radius 2 is 1.76 bits per heavy atom. The van der Waals surface area contributed by atoms with Gasteiger partial charge in [0.2, 0.25) is 0 Å². The van der Waals surface area contributed by atoms with Crippen LogP contribution in [-0.4, -0.2) is 34.7 Å². The minimum absolute atomic E-state index is 0.0295. The molecule has 0 aliphatic heterocycles. The van der Waals surface area contributed by atoms with Gasteiger partial charge in [0.1, 0.15) is 12.5 Å². The smallest absolute Gasteiger partial charge is 0.273 e. The third-order valence-corrected chi connectivity index (χ3v) is 5.02. The minimum atomic E-state index is -0.286. The third-order valence-electron chi connectivity index (χ3n) is 5.02. The summed E-state index contributed by atoms with van der Waals surface area (Å²) in [7, 11) is 0. The van der Waals surface area contributed by atoms with Crippen LogP contribution in [0.5, 0.6) is 0 Å². The molecule has 0 radical (unpaired) electrons. The zero-order valence-electron chi connectivity index (χ0n) is 14.5. The summed E-state index contributed by atoms with van der Waals surface area (Å²) >= 11 is 0. The average molecular weight is 346 g/mol. The number of rotatable bonds is 5. The first-order valence-corrected chi connectivity index (χ1v) is 8.28. The molecule has 1 aliphatic rings. The predicted octanol–water partition coefficient (Wildman–Crippen LogP) is 1.87. The van der Waals surface area contributed by atoms with Crippen molar-refractivity contribution in [3.8, 4) is 0 Å². The fourth-order valence-electron chi connectivity index (χ4n) is 3.81. The van der Waals surface area contributed by atoms with Gasteiger partial charge in [0.15, 0.2) is 11.4 Å². The molecule has 134 valence electrons. The average Bonchev–Trinajstić information content (AvgIpc) is 3.27. The van der Waals surface area contributed by atoms with Crippen molar-refractivity contribution in [2.75, 3.05) is 6.54 Å². The van der Waals surface area contributed by atoms with E-state index < -0.39 is 0 Å². The molecule has 3 rings (SSSR count). The van der Waals surface area contributed by atoms with Crippen molar-refractivity contribution >= 4 is 11.8 Å². The van der Waals surface area contributed by atoms with Crippen molar-refractivity contribution in [3.05, 3.63) is 36.0 Å². The van der Waals surface area contributed by atoms with E-state index in [0.29, 0.717) is 6.54 Å². The monoisotopic (exact) mass is 346 g/mol. The van der Waals surface area contributed by atoms with Crippen LogP contribution in [0.3, 0.4) is 0 Å². The topological polar surface area (TPSA) is 110 Å². The minimum Gasteiger partial charge on any atom is -0.364 e. The van der Waals surface area contributed by atoms with E-state index in [4.69, 9.17) is 9.05 Å². The zero-order valence-corrected chi connectivity index (χ0v) is 14.5. The second kappa shape index (κ2) is 6.70. The molecule has 2 aromatic rings. The molecule has 0 bridgehead atoms. The van der Waals surface area contributed by atoms with Gasteiger partial charge in [-0.05, 0) is 17.8 Å². The Morgan fingerprint density at radius 1 is 1.16 bits per heavy atom. The second-order valence-corrected chi connectivity index (χ2v) is 7.26. The van der Waals surface area contributed by atoms with Crippen LogP contribution in [0.4, 0.5) is 0 Å². The van der Waals surface area contributed by atoms with E-state index in [9.17, 15) is 9.59 Å². The maximum Gasteiger partial charge on any atom is 0.273 e. The van der Waals surface area contributed by atoms with Crippen molar-refractivity contribution in [1.82, 2.24) is 20.9 Å². The van der Waals surface area contributed by atoms with Gasteiger partial charge in [-0.25, -0.2) is 0 Å².